The van der Waals surface area contributed by atoms with Crippen molar-refractivity contribution in [3.05, 3.63) is 52.7 Å². The number of ether oxygens (including phenoxy) is 1. The number of anilines is 1. The van der Waals surface area contributed by atoms with Crippen LogP contribution in [0.25, 0.3) is 0 Å². The number of thioether (sulfide) groups is 1. The lowest BCUT2D eigenvalue weighted by Crippen LogP contribution is -2.20. The number of nitrogens with zero attached hydrogens (tertiary/aromatic N) is 3. The smallest absolute Gasteiger partial charge is 0.406 e. The Morgan fingerprint density at radius 3 is 2.92 bits per heavy atom. The maximum atomic E-state index is 12.0. The molecule has 24 heavy (non-hydrogen) atoms. The molecule has 0 atom stereocenters. The molecule has 9 heteroatoms. The molecular weight excluding hydrogens is 332 g/mol. The molecule has 1 amide bonds. The summed E-state index contributed by atoms with van der Waals surface area (Å²) < 4.78 is 5.18. The van der Waals surface area contributed by atoms with Crippen molar-refractivity contribution in [2.24, 2.45) is 0 Å². The zero-order valence-corrected chi connectivity index (χ0v) is 13.2. The molecule has 0 unspecified atom stereocenters. The molecule has 1 aromatic carbocycles. The highest BCUT2D eigenvalue weighted by molar-refractivity contribution is 7.99. The Labute approximate surface area is 141 Å². The van der Waals surface area contributed by atoms with Crippen molar-refractivity contribution < 1.29 is 14.5 Å². The highest BCUT2D eigenvalue weighted by Gasteiger charge is 2.17. The van der Waals surface area contributed by atoms with Gasteiger partial charge in [0.05, 0.1) is 17.5 Å². The second kappa shape index (κ2) is 8.50. The van der Waals surface area contributed by atoms with Crippen LogP contribution in [0.15, 0.2) is 47.5 Å². The van der Waals surface area contributed by atoms with E-state index in [9.17, 15) is 14.9 Å². The first kappa shape index (κ1) is 17.2. The first-order valence-corrected chi connectivity index (χ1v) is 7.71. The Morgan fingerprint density at radius 1 is 1.38 bits per heavy atom. The number of carbonyl (C=O) groups is 1. The van der Waals surface area contributed by atoms with Gasteiger partial charge in [-0.1, -0.05) is 12.1 Å². The minimum Gasteiger partial charge on any atom is -0.476 e. The average Bonchev–Trinajstić information content (AvgIpc) is 2.59. The largest absolute Gasteiger partial charge is 0.476 e. The monoisotopic (exact) mass is 344 g/mol. The van der Waals surface area contributed by atoms with Crippen LogP contribution in [-0.4, -0.2) is 28.2 Å². The van der Waals surface area contributed by atoms with E-state index in [2.05, 4.69) is 10.3 Å². The van der Waals surface area contributed by atoms with Crippen molar-refractivity contribution in [3.63, 3.8) is 0 Å². The van der Waals surface area contributed by atoms with Gasteiger partial charge in [0.1, 0.15) is 6.20 Å². The van der Waals surface area contributed by atoms with Crippen molar-refractivity contribution in [3.8, 4) is 11.8 Å². The van der Waals surface area contributed by atoms with E-state index in [-0.39, 0.29) is 11.5 Å². The molecule has 0 saturated heterocycles. The third-order valence-electron chi connectivity index (χ3n) is 2.74. The maximum absolute atomic E-state index is 12.0. The number of nitriles is 1. The first-order valence-electron chi connectivity index (χ1n) is 6.72. The van der Waals surface area contributed by atoms with Gasteiger partial charge in [-0.3, -0.25) is 4.79 Å². The molecule has 1 N–H and O–H groups in total. The lowest BCUT2D eigenvalue weighted by atomic mass is 10.3. The van der Waals surface area contributed by atoms with E-state index in [4.69, 9.17) is 10.00 Å². The summed E-state index contributed by atoms with van der Waals surface area (Å²) in [5, 5.41) is 22.1. The third kappa shape index (κ3) is 4.69. The zero-order chi connectivity index (χ0) is 17.4. The van der Waals surface area contributed by atoms with E-state index in [1.54, 1.807) is 24.3 Å². The molecule has 122 valence electrons. The number of hydrogen-bond acceptors (Lipinski definition) is 7. The summed E-state index contributed by atoms with van der Waals surface area (Å²) in [6.07, 6.45) is 1.27. The van der Waals surface area contributed by atoms with Crippen LogP contribution in [0.1, 0.15) is 0 Å². The van der Waals surface area contributed by atoms with E-state index in [0.717, 1.165) is 4.90 Å². The molecular formula is C15H12N4O4S. The topological polar surface area (TPSA) is 118 Å². The molecule has 0 aliphatic carbocycles. The average molecular weight is 344 g/mol. The lowest BCUT2D eigenvalue weighted by Gasteiger charge is -2.10. The number of hydrogen-bond donors (Lipinski definition) is 1. The second-order valence-electron chi connectivity index (χ2n) is 4.36. The third-order valence-corrected chi connectivity index (χ3v) is 3.68. The molecule has 0 fully saturated rings. The minimum atomic E-state index is -0.679. The molecule has 0 saturated carbocycles. The van der Waals surface area contributed by atoms with Crippen LogP contribution in [0.5, 0.6) is 5.75 Å². The number of nitrogens with one attached hydrogen (secondary N) is 1. The zero-order valence-electron chi connectivity index (χ0n) is 12.3. The van der Waals surface area contributed by atoms with E-state index in [0.29, 0.717) is 5.69 Å². The van der Waals surface area contributed by atoms with Gasteiger partial charge in [0, 0.05) is 4.90 Å². The summed E-state index contributed by atoms with van der Waals surface area (Å²) in [4.78, 5) is 26.5. The number of para-hydroxylation sites is 1. The molecule has 2 aromatic rings. The van der Waals surface area contributed by atoms with Crippen LogP contribution in [0, 0.1) is 21.4 Å². The van der Waals surface area contributed by atoms with Gasteiger partial charge >= 0.3 is 5.82 Å². The van der Waals surface area contributed by atoms with E-state index < -0.39 is 23.3 Å². The number of carbonyl (C=O) groups excluding carboxylic acids is 1. The fourth-order valence-corrected chi connectivity index (χ4v) is 2.44. The molecule has 1 heterocycles. The lowest BCUT2D eigenvalue weighted by molar-refractivity contribution is -0.390. The predicted octanol–water partition coefficient (Wildman–Crippen LogP) is 2.62. The Hall–Kier alpha value is -3.12. The van der Waals surface area contributed by atoms with Crippen LogP contribution in [0.2, 0.25) is 0 Å². The van der Waals surface area contributed by atoms with Crippen molar-refractivity contribution in [1.82, 2.24) is 4.98 Å². The quantitative estimate of drug-likeness (QED) is 0.466. The van der Waals surface area contributed by atoms with Gasteiger partial charge in [-0.25, -0.2) is 0 Å². The number of pyridine rings is 1. The standard InChI is InChI=1S/C15H12N4O4S/c16-7-9-24-13-6-2-1-4-11(13)18-14(20)10-23-12-5-3-8-17-15(12)19(21)22/h1-6,8H,9-10H2,(H,18,20). The van der Waals surface area contributed by atoms with Crippen molar-refractivity contribution in [2.75, 3.05) is 17.7 Å². The summed E-state index contributed by atoms with van der Waals surface area (Å²) in [5.74, 6) is -0.746. The minimum absolute atomic E-state index is 0.0789. The fourth-order valence-electron chi connectivity index (χ4n) is 1.77. The second-order valence-corrected chi connectivity index (χ2v) is 5.38. The van der Waals surface area contributed by atoms with Gasteiger partial charge in [0.25, 0.3) is 5.91 Å². The summed E-state index contributed by atoms with van der Waals surface area (Å²) in [6.45, 7) is -0.399. The molecule has 0 aliphatic rings. The van der Waals surface area contributed by atoms with Crippen molar-refractivity contribution >= 4 is 29.2 Å². The van der Waals surface area contributed by atoms with Gasteiger partial charge in [-0.2, -0.15) is 5.26 Å². The Kier molecular flexibility index (Phi) is 6.10. The SMILES string of the molecule is N#CCSc1ccccc1NC(=O)COc1cccnc1[N+](=O)[O-]. The van der Waals surface area contributed by atoms with E-state index in [1.165, 1.54) is 30.1 Å². The number of benzene rings is 1. The number of nitro groups is 1. The van der Waals surface area contributed by atoms with Gasteiger partial charge in [-0.05, 0) is 34.2 Å². The fraction of sp³-hybridized carbons (Fsp3) is 0.133. The van der Waals surface area contributed by atoms with Crippen LogP contribution >= 0.6 is 11.8 Å². The van der Waals surface area contributed by atoms with Gasteiger partial charge in [0.2, 0.25) is 5.75 Å². The van der Waals surface area contributed by atoms with E-state index >= 15 is 0 Å². The summed E-state index contributed by atoms with van der Waals surface area (Å²) in [7, 11) is 0. The number of aromatic nitrogens is 1. The van der Waals surface area contributed by atoms with Crippen molar-refractivity contribution in [2.45, 2.75) is 4.90 Å². The molecule has 1 aromatic heterocycles. The Bertz CT molecular complexity index is 791. The molecule has 0 aliphatic heterocycles. The van der Waals surface area contributed by atoms with Gasteiger partial charge in [-0.15, -0.1) is 11.8 Å². The molecule has 0 bridgehead atoms. The van der Waals surface area contributed by atoms with Crippen LogP contribution in [-0.2, 0) is 4.79 Å². The van der Waals surface area contributed by atoms with Crippen LogP contribution in [0.3, 0.4) is 0 Å². The molecule has 0 spiro atoms. The number of rotatable bonds is 7. The number of amides is 1. The van der Waals surface area contributed by atoms with E-state index in [1.807, 2.05) is 6.07 Å². The van der Waals surface area contributed by atoms with Crippen LogP contribution in [0.4, 0.5) is 11.5 Å². The maximum Gasteiger partial charge on any atom is 0.406 e. The normalized spacial score (nSPS) is 9.79. The summed E-state index contributed by atoms with van der Waals surface area (Å²) in [5.41, 5.74) is 0.548. The summed E-state index contributed by atoms with van der Waals surface area (Å²) >= 11 is 1.29. The summed E-state index contributed by atoms with van der Waals surface area (Å²) in [6, 6.07) is 11.9. The van der Waals surface area contributed by atoms with Gasteiger partial charge < -0.3 is 20.2 Å². The molecule has 2 rings (SSSR count). The highest BCUT2D eigenvalue weighted by Crippen LogP contribution is 2.27. The Balaban J connectivity index is 2.00. The first-order chi connectivity index (χ1) is 11.6. The van der Waals surface area contributed by atoms with Crippen molar-refractivity contribution in [1.29, 1.82) is 5.26 Å². The van der Waals surface area contributed by atoms with Crippen LogP contribution < -0.4 is 10.1 Å². The molecule has 8 nitrogen and oxygen atoms in total. The predicted molar refractivity (Wildman–Crippen MR) is 87.8 cm³/mol. The highest BCUT2D eigenvalue weighted by atomic mass is 32.2. The molecule has 0 radical (unpaired) electrons. The Morgan fingerprint density at radius 2 is 2.17 bits per heavy atom. The van der Waals surface area contributed by atoms with Gasteiger partial charge in [0.15, 0.2) is 6.61 Å².